The molecule has 0 saturated carbocycles. The summed E-state index contributed by atoms with van der Waals surface area (Å²) < 4.78 is 53.0. The Bertz CT molecular complexity index is 681. The molecule has 1 aromatic heterocycles. The van der Waals surface area contributed by atoms with Crippen LogP contribution in [-0.2, 0) is 11.0 Å². The minimum absolute atomic E-state index is 0.0830. The molecule has 0 bridgehead atoms. The molecule has 0 fully saturated rings. The summed E-state index contributed by atoms with van der Waals surface area (Å²) in [7, 11) is 2.26. The minimum atomic E-state index is -4.89. The van der Waals surface area contributed by atoms with E-state index in [1.54, 1.807) is 0 Å². The number of rotatable bonds is 3. The van der Waals surface area contributed by atoms with E-state index in [0.717, 1.165) is 38.4 Å². The fourth-order valence-electron chi connectivity index (χ4n) is 1.68. The number of carbonyl (C=O) groups excluding carboxylic acids is 1. The highest BCUT2D eigenvalue weighted by Crippen LogP contribution is 2.33. The number of halogens is 4. The molecule has 0 atom stereocenters. The van der Waals surface area contributed by atoms with Gasteiger partial charge in [-0.05, 0) is 24.3 Å². The molecule has 0 aliphatic carbocycles. The van der Waals surface area contributed by atoms with Gasteiger partial charge in [0.05, 0.1) is 12.8 Å². The number of nitrogens with zero attached hydrogens (tertiary/aromatic N) is 4. The molecular weight excluding hydrogens is 308 g/mol. The van der Waals surface area contributed by atoms with Crippen LogP contribution < -0.4 is 0 Å². The van der Waals surface area contributed by atoms with Crippen LogP contribution in [0.4, 0.5) is 17.6 Å². The van der Waals surface area contributed by atoms with Crippen LogP contribution in [0.2, 0.25) is 0 Å². The summed E-state index contributed by atoms with van der Waals surface area (Å²) in [5, 5.41) is 7.21. The van der Waals surface area contributed by atoms with Gasteiger partial charge in [0.2, 0.25) is 0 Å². The standard InChI is InChI=1S/C12H10F4N4O2/c1-19(22-2)11(21)9-10(12(14,15)16)20(18-17-9)8-5-3-7(13)4-6-8/h3-6H,1-2H3. The first-order valence-electron chi connectivity index (χ1n) is 5.86. The van der Waals surface area contributed by atoms with Crippen molar-refractivity contribution in [2.45, 2.75) is 6.18 Å². The predicted octanol–water partition coefficient (Wildman–Crippen LogP) is 2.06. The highest BCUT2D eigenvalue weighted by atomic mass is 19.4. The van der Waals surface area contributed by atoms with Gasteiger partial charge in [0.15, 0.2) is 11.4 Å². The number of hydroxylamine groups is 2. The Hall–Kier alpha value is -2.49. The Morgan fingerprint density at radius 2 is 1.86 bits per heavy atom. The van der Waals surface area contributed by atoms with Gasteiger partial charge in [-0.25, -0.2) is 14.1 Å². The van der Waals surface area contributed by atoms with Crippen LogP contribution in [0, 0.1) is 5.82 Å². The van der Waals surface area contributed by atoms with Gasteiger partial charge >= 0.3 is 6.18 Å². The molecule has 1 amide bonds. The third kappa shape index (κ3) is 2.91. The van der Waals surface area contributed by atoms with Crippen LogP contribution in [-0.4, -0.2) is 40.1 Å². The van der Waals surface area contributed by atoms with Crippen molar-refractivity contribution >= 4 is 5.91 Å². The number of aromatic nitrogens is 3. The first kappa shape index (κ1) is 15.9. The van der Waals surface area contributed by atoms with Crippen LogP contribution in [0.5, 0.6) is 0 Å². The van der Waals surface area contributed by atoms with Crippen molar-refractivity contribution in [1.29, 1.82) is 0 Å². The van der Waals surface area contributed by atoms with Crippen molar-refractivity contribution in [3.05, 3.63) is 41.5 Å². The smallest absolute Gasteiger partial charge is 0.274 e. The summed E-state index contributed by atoms with van der Waals surface area (Å²) in [4.78, 5) is 16.4. The Labute approximate surface area is 121 Å². The molecule has 1 heterocycles. The maximum atomic E-state index is 13.2. The monoisotopic (exact) mass is 318 g/mol. The van der Waals surface area contributed by atoms with E-state index in [2.05, 4.69) is 15.1 Å². The van der Waals surface area contributed by atoms with Crippen LogP contribution in [0.3, 0.4) is 0 Å². The van der Waals surface area contributed by atoms with E-state index in [1.165, 1.54) is 0 Å². The highest BCUT2D eigenvalue weighted by molar-refractivity contribution is 5.92. The van der Waals surface area contributed by atoms with Crippen LogP contribution in [0.15, 0.2) is 24.3 Å². The second kappa shape index (κ2) is 5.72. The second-order valence-electron chi connectivity index (χ2n) is 4.16. The molecule has 0 radical (unpaired) electrons. The van der Waals surface area contributed by atoms with Crippen molar-refractivity contribution in [3.63, 3.8) is 0 Å². The zero-order chi connectivity index (χ0) is 16.5. The lowest BCUT2D eigenvalue weighted by molar-refractivity contribution is -0.143. The Morgan fingerprint density at radius 3 is 2.36 bits per heavy atom. The minimum Gasteiger partial charge on any atom is -0.274 e. The van der Waals surface area contributed by atoms with E-state index in [-0.39, 0.29) is 5.69 Å². The molecule has 22 heavy (non-hydrogen) atoms. The SMILES string of the molecule is CON(C)C(=O)c1nnn(-c2ccc(F)cc2)c1C(F)(F)F. The van der Waals surface area contributed by atoms with Gasteiger partial charge in [-0.15, -0.1) is 5.10 Å². The summed E-state index contributed by atoms with van der Waals surface area (Å²) in [5.41, 5.74) is -2.37. The predicted molar refractivity (Wildman–Crippen MR) is 65.4 cm³/mol. The lowest BCUT2D eigenvalue weighted by Gasteiger charge is -2.14. The summed E-state index contributed by atoms with van der Waals surface area (Å²) in [6.45, 7) is 0. The Kier molecular flexibility index (Phi) is 4.13. The molecule has 2 rings (SSSR count). The summed E-state index contributed by atoms with van der Waals surface area (Å²) in [6, 6.07) is 4.13. The average Bonchev–Trinajstić information content (AvgIpc) is 2.91. The third-order valence-corrected chi connectivity index (χ3v) is 2.77. The topological polar surface area (TPSA) is 60.2 Å². The lowest BCUT2D eigenvalue weighted by Crippen LogP contribution is -2.28. The first-order valence-corrected chi connectivity index (χ1v) is 5.86. The molecule has 0 aliphatic rings. The molecule has 0 aliphatic heterocycles. The van der Waals surface area contributed by atoms with Crippen molar-refractivity contribution in [2.75, 3.05) is 14.2 Å². The molecule has 2 aromatic rings. The summed E-state index contributed by atoms with van der Waals surface area (Å²) in [5.74, 6) is -1.73. The molecule has 0 saturated heterocycles. The van der Waals surface area contributed by atoms with E-state index in [4.69, 9.17) is 0 Å². The van der Waals surface area contributed by atoms with Gasteiger partial charge in [-0.3, -0.25) is 9.63 Å². The quantitative estimate of drug-likeness (QED) is 0.642. The molecule has 1 aromatic carbocycles. The van der Waals surface area contributed by atoms with Crippen LogP contribution in [0.1, 0.15) is 16.2 Å². The van der Waals surface area contributed by atoms with Gasteiger partial charge in [0.25, 0.3) is 5.91 Å². The number of alkyl halides is 3. The van der Waals surface area contributed by atoms with Gasteiger partial charge in [-0.2, -0.15) is 13.2 Å². The number of carbonyl (C=O) groups is 1. The third-order valence-electron chi connectivity index (χ3n) is 2.77. The zero-order valence-corrected chi connectivity index (χ0v) is 11.4. The van der Waals surface area contributed by atoms with E-state index in [0.29, 0.717) is 9.75 Å². The number of benzene rings is 1. The second-order valence-corrected chi connectivity index (χ2v) is 4.16. The number of amides is 1. The van der Waals surface area contributed by atoms with Crippen molar-refractivity contribution in [3.8, 4) is 5.69 Å². The highest BCUT2D eigenvalue weighted by Gasteiger charge is 2.42. The van der Waals surface area contributed by atoms with Crippen LogP contribution >= 0.6 is 0 Å². The summed E-state index contributed by atoms with van der Waals surface area (Å²) in [6.07, 6.45) is -4.89. The fourth-order valence-corrected chi connectivity index (χ4v) is 1.68. The van der Waals surface area contributed by atoms with Crippen molar-refractivity contribution in [1.82, 2.24) is 20.1 Å². The van der Waals surface area contributed by atoms with Crippen LogP contribution in [0.25, 0.3) is 5.69 Å². The lowest BCUT2D eigenvalue weighted by atomic mass is 10.2. The normalized spacial score (nSPS) is 11.5. The average molecular weight is 318 g/mol. The van der Waals surface area contributed by atoms with Gasteiger partial charge < -0.3 is 0 Å². The van der Waals surface area contributed by atoms with E-state index < -0.39 is 29.3 Å². The maximum Gasteiger partial charge on any atom is 0.435 e. The molecule has 6 nitrogen and oxygen atoms in total. The van der Waals surface area contributed by atoms with Gasteiger partial charge in [-0.1, -0.05) is 5.21 Å². The van der Waals surface area contributed by atoms with E-state index in [1.807, 2.05) is 0 Å². The maximum absolute atomic E-state index is 13.2. The van der Waals surface area contributed by atoms with E-state index >= 15 is 0 Å². The molecular formula is C12H10F4N4O2. The number of hydrogen-bond donors (Lipinski definition) is 0. The number of hydrogen-bond acceptors (Lipinski definition) is 4. The molecule has 10 heteroatoms. The molecule has 0 N–H and O–H groups in total. The molecule has 0 unspecified atom stereocenters. The Balaban J connectivity index is 2.59. The molecule has 0 spiro atoms. The summed E-state index contributed by atoms with van der Waals surface area (Å²) >= 11 is 0. The van der Waals surface area contributed by atoms with E-state index in [9.17, 15) is 22.4 Å². The van der Waals surface area contributed by atoms with Gasteiger partial charge in [0.1, 0.15) is 5.82 Å². The zero-order valence-electron chi connectivity index (χ0n) is 11.4. The van der Waals surface area contributed by atoms with Crippen molar-refractivity contribution < 1.29 is 27.2 Å². The molecule has 118 valence electrons. The fraction of sp³-hybridized carbons (Fsp3) is 0.250. The Morgan fingerprint density at radius 1 is 1.27 bits per heavy atom. The van der Waals surface area contributed by atoms with Gasteiger partial charge in [0, 0.05) is 7.05 Å². The first-order chi connectivity index (χ1) is 10.3. The van der Waals surface area contributed by atoms with Crippen molar-refractivity contribution in [2.24, 2.45) is 0 Å². The largest absolute Gasteiger partial charge is 0.435 e.